The fourth-order valence-electron chi connectivity index (χ4n) is 2.37. The minimum Gasteiger partial charge on any atom is -0.494 e. The number of amides is 1. The molecule has 1 aromatic rings. The summed E-state index contributed by atoms with van der Waals surface area (Å²) in [6, 6.07) is 6.43. The normalized spacial score (nSPS) is 15.8. The van der Waals surface area contributed by atoms with E-state index in [1.54, 1.807) is 12.1 Å². The van der Waals surface area contributed by atoms with Crippen molar-refractivity contribution in [2.24, 2.45) is 11.7 Å². The van der Waals surface area contributed by atoms with Crippen molar-refractivity contribution in [1.82, 2.24) is 5.32 Å². The molecule has 0 aliphatic heterocycles. The Morgan fingerprint density at radius 2 is 1.96 bits per heavy atom. The zero-order valence-electron chi connectivity index (χ0n) is 14.0. The second-order valence-corrected chi connectivity index (χ2v) is 8.37. The van der Waals surface area contributed by atoms with Crippen molar-refractivity contribution in [1.29, 1.82) is 0 Å². The minimum atomic E-state index is -3.18. The Morgan fingerprint density at radius 3 is 2.54 bits per heavy atom. The molecule has 0 aromatic heterocycles. The Labute approximate surface area is 143 Å². The number of hydrogen-bond acceptors (Lipinski definition) is 5. The van der Waals surface area contributed by atoms with Gasteiger partial charge in [0, 0.05) is 25.3 Å². The van der Waals surface area contributed by atoms with Gasteiger partial charge in [-0.25, -0.2) is 8.42 Å². The largest absolute Gasteiger partial charge is 0.494 e. The second kappa shape index (κ2) is 8.48. The molecule has 0 bridgehead atoms. The highest BCUT2D eigenvalue weighted by Gasteiger charge is 2.28. The first kappa shape index (κ1) is 18.7. The van der Waals surface area contributed by atoms with Crippen LogP contribution in [0.5, 0.6) is 5.75 Å². The van der Waals surface area contributed by atoms with Crippen molar-refractivity contribution in [3.63, 3.8) is 0 Å². The van der Waals surface area contributed by atoms with Crippen LogP contribution in [0.4, 0.5) is 0 Å². The molecule has 0 radical (unpaired) electrons. The summed E-state index contributed by atoms with van der Waals surface area (Å²) in [5.74, 6) is 1.25. The summed E-state index contributed by atoms with van der Waals surface area (Å²) >= 11 is 0. The molecule has 1 saturated carbocycles. The van der Waals surface area contributed by atoms with E-state index in [-0.39, 0.29) is 16.8 Å². The van der Waals surface area contributed by atoms with Crippen LogP contribution < -0.4 is 15.8 Å². The number of benzene rings is 1. The first-order chi connectivity index (χ1) is 11.4. The highest BCUT2D eigenvalue weighted by Crippen LogP contribution is 2.31. The molecule has 3 N–H and O–H groups in total. The third kappa shape index (κ3) is 6.49. The van der Waals surface area contributed by atoms with Crippen molar-refractivity contribution in [2.45, 2.75) is 43.0 Å². The fourth-order valence-corrected chi connectivity index (χ4v) is 3.00. The van der Waals surface area contributed by atoms with Gasteiger partial charge >= 0.3 is 0 Å². The number of carbonyl (C=O) groups is 1. The van der Waals surface area contributed by atoms with Gasteiger partial charge in [-0.2, -0.15) is 0 Å². The number of hydrogen-bond donors (Lipinski definition) is 2. The molecule has 1 amide bonds. The molecule has 0 spiro atoms. The number of nitrogens with one attached hydrogen (secondary N) is 1. The van der Waals surface area contributed by atoms with Crippen molar-refractivity contribution in [2.75, 3.05) is 19.4 Å². The van der Waals surface area contributed by atoms with E-state index in [9.17, 15) is 13.2 Å². The van der Waals surface area contributed by atoms with E-state index in [4.69, 9.17) is 10.5 Å². The summed E-state index contributed by atoms with van der Waals surface area (Å²) in [7, 11) is -3.18. The number of unbranched alkanes of at least 4 members (excludes halogenated alkanes) is 1. The smallest absolute Gasteiger partial charge is 0.220 e. The lowest BCUT2D eigenvalue weighted by molar-refractivity contribution is -0.121. The summed E-state index contributed by atoms with van der Waals surface area (Å²) in [5.41, 5.74) is 5.93. The molecular formula is C17H26N2O4S. The lowest BCUT2D eigenvalue weighted by Gasteiger charge is -2.11. The SMILES string of the molecule is CS(=O)(=O)c1ccc(OCCCCC(=O)NCC(N)C2CC2)cc1. The van der Waals surface area contributed by atoms with Gasteiger partial charge in [0.15, 0.2) is 9.84 Å². The highest BCUT2D eigenvalue weighted by atomic mass is 32.2. The lowest BCUT2D eigenvalue weighted by Crippen LogP contribution is -2.38. The number of rotatable bonds is 10. The molecule has 6 nitrogen and oxygen atoms in total. The first-order valence-electron chi connectivity index (χ1n) is 8.31. The standard InChI is InChI=1S/C17H26N2O4S/c1-24(21,22)15-9-7-14(8-10-15)23-11-3-2-4-17(20)19-12-16(18)13-5-6-13/h7-10,13,16H,2-6,11-12,18H2,1H3,(H,19,20). The molecule has 1 aromatic carbocycles. The Morgan fingerprint density at radius 1 is 1.29 bits per heavy atom. The third-order valence-electron chi connectivity index (χ3n) is 4.08. The molecule has 0 saturated heterocycles. The van der Waals surface area contributed by atoms with Crippen LogP contribution in [0.1, 0.15) is 32.1 Å². The van der Waals surface area contributed by atoms with Crippen LogP contribution >= 0.6 is 0 Å². The predicted octanol–water partition coefficient (Wildman–Crippen LogP) is 1.49. The van der Waals surface area contributed by atoms with Gasteiger partial charge < -0.3 is 15.8 Å². The minimum absolute atomic E-state index is 0.0311. The number of nitrogens with two attached hydrogens (primary N) is 1. The zero-order chi connectivity index (χ0) is 17.6. The van der Waals surface area contributed by atoms with Gasteiger partial charge in [0.05, 0.1) is 11.5 Å². The second-order valence-electron chi connectivity index (χ2n) is 6.35. The third-order valence-corrected chi connectivity index (χ3v) is 5.21. The van der Waals surface area contributed by atoms with Crippen LogP contribution in [-0.4, -0.2) is 39.8 Å². The molecule has 134 valence electrons. The van der Waals surface area contributed by atoms with Crippen LogP contribution in [-0.2, 0) is 14.6 Å². The van der Waals surface area contributed by atoms with Gasteiger partial charge in [-0.3, -0.25) is 4.79 Å². The van der Waals surface area contributed by atoms with Gasteiger partial charge in [-0.1, -0.05) is 0 Å². The number of carbonyl (C=O) groups excluding carboxylic acids is 1. The van der Waals surface area contributed by atoms with E-state index in [1.165, 1.54) is 31.2 Å². The summed E-state index contributed by atoms with van der Waals surface area (Å²) in [4.78, 5) is 12.0. The van der Waals surface area contributed by atoms with Gasteiger partial charge in [-0.05, 0) is 55.9 Å². The lowest BCUT2D eigenvalue weighted by atomic mass is 10.2. The van der Waals surface area contributed by atoms with Crippen LogP contribution in [0.2, 0.25) is 0 Å². The van der Waals surface area contributed by atoms with E-state index in [0.29, 0.717) is 31.2 Å². The summed E-state index contributed by atoms with van der Waals surface area (Å²) in [5, 5.41) is 2.87. The Hall–Kier alpha value is -1.60. The van der Waals surface area contributed by atoms with Crippen molar-refractivity contribution >= 4 is 15.7 Å². The van der Waals surface area contributed by atoms with E-state index in [2.05, 4.69) is 5.32 Å². The molecule has 2 rings (SSSR count). The molecule has 1 fully saturated rings. The molecular weight excluding hydrogens is 328 g/mol. The molecule has 0 heterocycles. The maximum absolute atomic E-state index is 11.7. The molecule has 1 atom stereocenters. The van der Waals surface area contributed by atoms with E-state index >= 15 is 0 Å². The van der Waals surface area contributed by atoms with Crippen molar-refractivity contribution in [3.05, 3.63) is 24.3 Å². The van der Waals surface area contributed by atoms with Gasteiger partial charge in [0.25, 0.3) is 0 Å². The maximum atomic E-state index is 11.7. The number of ether oxygens (including phenoxy) is 1. The monoisotopic (exact) mass is 354 g/mol. The fraction of sp³-hybridized carbons (Fsp3) is 0.588. The predicted molar refractivity (Wildman–Crippen MR) is 92.6 cm³/mol. The number of sulfone groups is 1. The molecule has 1 aliphatic carbocycles. The molecule has 7 heteroatoms. The van der Waals surface area contributed by atoms with E-state index in [0.717, 1.165) is 12.8 Å². The summed E-state index contributed by atoms with van der Waals surface area (Å²) in [6.07, 6.45) is 5.50. The van der Waals surface area contributed by atoms with Crippen LogP contribution in [0.15, 0.2) is 29.2 Å². The Kier molecular flexibility index (Phi) is 6.62. The van der Waals surface area contributed by atoms with Crippen LogP contribution in [0, 0.1) is 5.92 Å². The van der Waals surface area contributed by atoms with Crippen molar-refractivity contribution < 1.29 is 17.9 Å². The zero-order valence-corrected chi connectivity index (χ0v) is 14.8. The average molecular weight is 354 g/mol. The molecule has 1 unspecified atom stereocenters. The Bertz CT molecular complexity index is 639. The first-order valence-corrected chi connectivity index (χ1v) is 10.2. The summed E-state index contributed by atoms with van der Waals surface area (Å²) in [6.45, 7) is 1.06. The quantitative estimate of drug-likeness (QED) is 0.620. The molecule has 1 aliphatic rings. The van der Waals surface area contributed by atoms with Gasteiger partial charge in [0.1, 0.15) is 5.75 Å². The van der Waals surface area contributed by atoms with Gasteiger partial charge in [-0.15, -0.1) is 0 Å². The maximum Gasteiger partial charge on any atom is 0.220 e. The van der Waals surface area contributed by atoms with Gasteiger partial charge in [0.2, 0.25) is 5.91 Å². The van der Waals surface area contributed by atoms with E-state index < -0.39 is 9.84 Å². The summed E-state index contributed by atoms with van der Waals surface area (Å²) < 4.78 is 28.3. The average Bonchev–Trinajstić information content (AvgIpc) is 3.37. The van der Waals surface area contributed by atoms with E-state index in [1.807, 2.05) is 0 Å². The van der Waals surface area contributed by atoms with Crippen LogP contribution in [0.3, 0.4) is 0 Å². The van der Waals surface area contributed by atoms with Crippen LogP contribution in [0.25, 0.3) is 0 Å². The highest BCUT2D eigenvalue weighted by molar-refractivity contribution is 7.90. The van der Waals surface area contributed by atoms with Crippen molar-refractivity contribution in [3.8, 4) is 5.75 Å². The Balaban J connectivity index is 1.56. The topological polar surface area (TPSA) is 98.5 Å². The molecule has 24 heavy (non-hydrogen) atoms.